The van der Waals surface area contributed by atoms with E-state index in [1.165, 1.54) is 11.3 Å². The fourth-order valence-corrected chi connectivity index (χ4v) is 3.19. The highest BCUT2D eigenvalue weighted by Crippen LogP contribution is 2.21. The quantitative estimate of drug-likeness (QED) is 0.598. The first-order valence-corrected chi connectivity index (χ1v) is 9.56. The predicted octanol–water partition coefficient (Wildman–Crippen LogP) is 4.10. The molecule has 138 valence electrons. The molecule has 1 aromatic heterocycles. The van der Waals surface area contributed by atoms with Crippen LogP contribution in [0.2, 0.25) is 0 Å². The molecule has 0 atom stereocenters. The molecule has 1 amide bonds. The number of benzene rings is 2. The monoisotopic (exact) mass is 380 g/mol. The number of Topliss-reactive ketones (excluding diaryl/α,β-unsaturated/α-hetero) is 1. The molecule has 5 nitrogen and oxygen atoms in total. The van der Waals surface area contributed by atoms with Gasteiger partial charge < -0.3 is 10.1 Å². The highest BCUT2D eigenvalue weighted by molar-refractivity contribution is 7.09. The first kappa shape index (κ1) is 18.8. The molecule has 3 aromatic rings. The van der Waals surface area contributed by atoms with Crippen molar-refractivity contribution in [3.05, 3.63) is 70.5 Å². The minimum absolute atomic E-state index is 0.0811. The maximum atomic E-state index is 12.0. The summed E-state index contributed by atoms with van der Waals surface area (Å²) in [6.45, 7) is 2.10. The van der Waals surface area contributed by atoms with Crippen LogP contribution in [0.15, 0.2) is 60.0 Å². The zero-order valence-corrected chi connectivity index (χ0v) is 15.8. The van der Waals surface area contributed by atoms with Gasteiger partial charge in [-0.2, -0.15) is 0 Å². The number of thiazole rings is 1. The van der Waals surface area contributed by atoms with E-state index in [4.69, 9.17) is 4.74 Å². The number of aromatic nitrogens is 1. The summed E-state index contributed by atoms with van der Waals surface area (Å²) < 4.78 is 5.46. The number of amides is 1. The molecule has 0 saturated heterocycles. The molecule has 1 heterocycles. The maximum absolute atomic E-state index is 12.0. The van der Waals surface area contributed by atoms with E-state index in [9.17, 15) is 9.59 Å². The molecule has 27 heavy (non-hydrogen) atoms. The third-order valence-electron chi connectivity index (χ3n) is 3.93. The largest absolute Gasteiger partial charge is 0.484 e. The molecule has 0 unspecified atom stereocenters. The summed E-state index contributed by atoms with van der Waals surface area (Å²) in [4.78, 5) is 28.1. The van der Waals surface area contributed by atoms with Crippen LogP contribution in [0.1, 0.15) is 28.7 Å². The topological polar surface area (TPSA) is 68.3 Å². The van der Waals surface area contributed by atoms with Gasteiger partial charge in [0.05, 0.1) is 12.2 Å². The molecule has 0 aliphatic heterocycles. The fourth-order valence-electron chi connectivity index (χ4n) is 2.45. The van der Waals surface area contributed by atoms with Crippen LogP contribution in [0.3, 0.4) is 0 Å². The Bertz CT molecular complexity index is 905. The molecule has 0 bridgehead atoms. The Morgan fingerprint density at radius 3 is 2.52 bits per heavy atom. The SMILES string of the molecule is CCC(=O)c1ccc(OCC(=O)NCc2nc(-c3ccccc3)cs2)cc1. The molecular weight excluding hydrogens is 360 g/mol. The van der Waals surface area contributed by atoms with Gasteiger partial charge in [0.2, 0.25) is 0 Å². The number of ketones is 1. The lowest BCUT2D eigenvalue weighted by atomic mass is 10.1. The lowest BCUT2D eigenvalue weighted by Gasteiger charge is -2.07. The molecule has 0 aliphatic rings. The minimum Gasteiger partial charge on any atom is -0.484 e. The van der Waals surface area contributed by atoms with Crippen LogP contribution in [0, 0.1) is 0 Å². The lowest BCUT2D eigenvalue weighted by Crippen LogP contribution is -2.28. The van der Waals surface area contributed by atoms with Crippen LogP contribution >= 0.6 is 11.3 Å². The van der Waals surface area contributed by atoms with Crippen LogP contribution < -0.4 is 10.1 Å². The standard InChI is InChI=1S/C21H20N2O3S/c1-2-19(24)16-8-10-17(11-9-16)26-13-20(25)22-12-21-23-18(14-27-21)15-6-4-3-5-7-15/h3-11,14H,2,12-13H2,1H3,(H,22,25). The normalized spacial score (nSPS) is 10.4. The van der Waals surface area contributed by atoms with Crippen molar-refractivity contribution in [2.75, 3.05) is 6.61 Å². The van der Waals surface area contributed by atoms with Crippen molar-refractivity contribution in [1.29, 1.82) is 0 Å². The minimum atomic E-state index is -0.222. The molecule has 6 heteroatoms. The summed E-state index contributed by atoms with van der Waals surface area (Å²) >= 11 is 1.51. The first-order chi connectivity index (χ1) is 13.2. The van der Waals surface area contributed by atoms with Gasteiger partial charge in [-0.1, -0.05) is 37.3 Å². The highest BCUT2D eigenvalue weighted by Gasteiger charge is 2.08. The lowest BCUT2D eigenvalue weighted by molar-refractivity contribution is -0.123. The third kappa shape index (κ3) is 5.24. The number of ether oxygens (including phenoxy) is 1. The summed E-state index contributed by atoms with van der Waals surface area (Å²) in [6, 6.07) is 16.7. The van der Waals surface area contributed by atoms with Crippen LogP contribution in [0.5, 0.6) is 5.75 Å². The first-order valence-electron chi connectivity index (χ1n) is 8.68. The molecule has 1 N–H and O–H groups in total. The van der Waals surface area contributed by atoms with Crippen molar-refractivity contribution in [3.63, 3.8) is 0 Å². The number of rotatable bonds is 8. The number of nitrogens with one attached hydrogen (secondary N) is 1. The Hall–Kier alpha value is -2.99. The van der Waals surface area contributed by atoms with E-state index in [0.29, 0.717) is 24.3 Å². The summed E-state index contributed by atoms with van der Waals surface area (Å²) in [7, 11) is 0. The predicted molar refractivity (Wildman–Crippen MR) is 106 cm³/mol. The van der Waals surface area contributed by atoms with E-state index in [-0.39, 0.29) is 18.3 Å². The second kappa shape index (κ2) is 9.09. The average molecular weight is 380 g/mol. The van der Waals surface area contributed by atoms with Gasteiger partial charge >= 0.3 is 0 Å². The van der Waals surface area contributed by atoms with E-state index < -0.39 is 0 Å². The van der Waals surface area contributed by atoms with Crippen molar-refractivity contribution >= 4 is 23.0 Å². The highest BCUT2D eigenvalue weighted by atomic mass is 32.1. The number of nitrogens with zero attached hydrogens (tertiary/aromatic N) is 1. The number of carbonyl (C=O) groups excluding carboxylic acids is 2. The van der Waals surface area contributed by atoms with Crippen LogP contribution in [-0.4, -0.2) is 23.3 Å². The zero-order chi connectivity index (χ0) is 19.1. The molecule has 0 saturated carbocycles. The van der Waals surface area contributed by atoms with Gasteiger partial charge in [-0.3, -0.25) is 9.59 Å². The second-order valence-electron chi connectivity index (χ2n) is 5.86. The van der Waals surface area contributed by atoms with Crippen molar-refractivity contribution in [2.24, 2.45) is 0 Å². The molecular formula is C21H20N2O3S. The Kier molecular flexibility index (Phi) is 6.33. The molecule has 0 fully saturated rings. The van der Waals surface area contributed by atoms with Gasteiger partial charge in [0.25, 0.3) is 5.91 Å². The van der Waals surface area contributed by atoms with E-state index in [1.807, 2.05) is 42.6 Å². The summed E-state index contributed by atoms with van der Waals surface area (Å²) in [5, 5.41) is 5.62. The Morgan fingerprint density at radius 2 is 1.81 bits per heavy atom. The van der Waals surface area contributed by atoms with Gasteiger partial charge in [-0.25, -0.2) is 4.98 Å². The average Bonchev–Trinajstić information content (AvgIpc) is 3.20. The number of hydrogen-bond acceptors (Lipinski definition) is 5. The van der Waals surface area contributed by atoms with Gasteiger partial charge in [0, 0.05) is 22.9 Å². The summed E-state index contributed by atoms with van der Waals surface area (Å²) in [5.74, 6) is 0.413. The van der Waals surface area contributed by atoms with Crippen LogP contribution in [-0.2, 0) is 11.3 Å². The van der Waals surface area contributed by atoms with Crippen LogP contribution in [0.25, 0.3) is 11.3 Å². The molecule has 3 rings (SSSR count). The van der Waals surface area contributed by atoms with Gasteiger partial charge in [0.15, 0.2) is 12.4 Å². The van der Waals surface area contributed by atoms with E-state index in [0.717, 1.165) is 16.3 Å². The Morgan fingerprint density at radius 1 is 1.07 bits per heavy atom. The second-order valence-corrected chi connectivity index (χ2v) is 6.80. The Labute approximate surface area is 162 Å². The van der Waals surface area contributed by atoms with E-state index in [2.05, 4.69) is 10.3 Å². The molecule has 2 aromatic carbocycles. The number of hydrogen-bond donors (Lipinski definition) is 1. The van der Waals surface area contributed by atoms with Crippen molar-refractivity contribution in [3.8, 4) is 17.0 Å². The van der Waals surface area contributed by atoms with Crippen molar-refractivity contribution in [1.82, 2.24) is 10.3 Å². The van der Waals surface area contributed by atoms with Gasteiger partial charge in [-0.05, 0) is 24.3 Å². The zero-order valence-electron chi connectivity index (χ0n) is 15.0. The molecule has 0 spiro atoms. The van der Waals surface area contributed by atoms with Gasteiger partial charge in [0.1, 0.15) is 10.8 Å². The smallest absolute Gasteiger partial charge is 0.258 e. The fraction of sp³-hybridized carbons (Fsp3) is 0.190. The van der Waals surface area contributed by atoms with Gasteiger partial charge in [-0.15, -0.1) is 11.3 Å². The Balaban J connectivity index is 1.46. The van der Waals surface area contributed by atoms with E-state index >= 15 is 0 Å². The maximum Gasteiger partial charge on any atom is 0.258 e. The summed E-state index contributed by atoms with van der Waals surface area (Å²) in [5.41, 5.74) is 2.61. The number of carbonyl (C=O) groups is 2. The van der Waals surface area contributed by atoms with Crippen molar-refractivity contribution in [2.45, 2.75) is 19.9 Å². The van der Waals surface area contributed by atoms with Crippen LogP contribution in [0.4, 0.5) is 0 Å². The molecule has 0 aliphatic carbocycles. The van der Waals surface area contributed by atoms with E-state index in [1.54, 1.807) is 24.3 Å². The summed E-state index contributed by atoms with van der Waals surface area (Å²) in [6.07, 6.45) is 0.464. The molecule has 0 radical (unpaired) electrons. The third-order valence-corrected chi connectivity index (χ3v) is 4.77. The van der Waals surface area contributed by atoms with Crippen molar-refractivity contribution < 1.29 is 14.3 Å².